The predicted octanol–water partition coefficient (Wildman–Crippen LogP) is 5.24. The van der Waals surface area contributed by atoms with Gasteiger partial charge in [-0.25, -0.2) is 18.6 Å². The van der Waals surface area contributed by atoms with Gasteiger partial charge in [0, 0.05) is 12.7 Å². The Balaban J connectivity index is 1.59. The van der Waals surface area contributed by atoms with E-state index in [1.807, 2.05) is 13.8 Å². The highest BCUT2D eigenvalue weighted by Crippen LogP contribution is 2.42. The second kappa shape index (κ2) is 10.4. The summed E-state index contributed by atoms with van der Waals surface area (Å²) < 4.78 is 36.9. The van der Waals surface area contributed by atoms with Crippen LogP contribution in [-0.2, 0) is 6.61 Å². The van der Waals surface area contributed by atoms with Crippen molar-refractivity contribution in [3.05, 3.63) is 64.1 Å². The standard InChI is InChI=1S/C27H32F2N4O4/c1-5-10-27(4,32-26(35)36)14-30-25(34)23-16(3)31-24-21(11-15(2)12-33(23)24)37-13-19-20(28)9-8-18(22(19)29)17-6-7-17/h8-9,11-12,17,32H,5-7,10,13-14H2,1-4H3,(H,30,34)(H,35,36). The number of imidazole rings is 1. The van der Waals surface area contributed by atoms with Crippen LogP contribution >= 0.6 is 0 Å². The lowest BCUT2D eigenvalue weighted by molar-refractivity contribution is 0.0929. The van der Waals surface area contributed by atoms with E-state index in [2.05, 4.69) is 15.6 Å². The molecule has 1 atom stereocenters. The number of halogens is 2. The quantitative estimate of drug-likeness (QED) is 0.343. The van der Waals surface area contributed by atoms with Crippen molar-refractivity contribution < 1.29 is 28.2 Å². The second-order valence-corrected chi connectivity index (χ2v) is 10.0. The zero-order valence-electron chi connectivity index (χ0n) is 21.5. The summed E-state index contributed by atoms with van der Waals surface area (Å²) in [5.41, 5.74) is 1.34. The molecular formula is C27H32F2N4O4. The summed E-state index contributed by atoms with van der Waals surface area (Å²) in [7, 11) is 0. The molecule has 0 spiro atoms. The van der Waals surface area contributed by atoms with Crippen LogP contribution in [-0.4, -0.2) is 38.6 Å². The average Bonchev–Trinajstić information content (AvgIpc) is 3.59. The van der Waals surface area contributed by atoms with Gasteiger partial charge in [0.05, 0.1) is 16.8 Å². The first-order valence-electron chi connectivity index (χ1n) is 12.4. The van der Waals surface area contributed by atoms with Gasteiger partial charge in [-0.2, -0.15) is 0 Å². The Hall–Kier alpha value is -3.69. The maximum Gasteiger partial charge on any atom is 0.405 e. The fourth-order valence-corrected chi connectivity index (χ4v) is 4.71. The first-order chi connectivity index (χ1) is 17.5. The lowest BCUT2D eigenvalue weighted by atomic mass is 9.96. The lowest BCUT2D eigenvalue weighted by Crippen LogP contribution is -2.53. The molecule has 0 radical (unpaired) electrons. The van der Waals surface area contributed by atoms with Gasteiger partial charge in [0.25, 0.3) is 5.91 Å². The number of aromatic nitrogens is 2. The number of fused-ring (bicyclic) bond motifs is 1. The van der Waals surface area contributed by atoms with Crippen LogP contribution in [0.2, 0.25) is 0 Å². The van der Waals surface area contributed by atoms with Crippen molar-refractivity contribution in [1.29, 1.82) is 0 Å². The highest BCUT2D eigenvalue weighted by molar-refractivity contribution is 5.95. The number of hydrogen-bond donors (Lipinski definition) is 3. The molecule has 1 aliphatic carbocycles. The summed E-state index contributed by atoms with van der Waals surface area (Å²) in [5.74, 6) is -1.25. The summed E-state index contributed by atoms with van der Waals surface area (Å²) in [4.78, 5) is 28.9. The third kappa shape index (κ3) is 5.68. The molecule has 2 amide bonds. The van der Waals surface area contributed by atoms with Crippen molar-refractivity contribution in [3.8, 4) is 5.75 Å². The molecule has 8 nitrogen and oxygen atoms in total. The lowest BCUT2D eigenvalue weighted by Gasteiger charge is -2.29. The van der Waals surface area contributed by atoms with Crippen LogP contribution in [0.4, 0.5) is 13.6 Å². The van der Waals surface area contributed by atoms with E-state index in [0.29, 0.717) is 29.1 Å². The SMILES string of the molecule is CCCC(C)(CNC(=O)c1c(C)nc2c(OCc3c(F)ccc(C4CC4)c3F)cc(C)cn12)NC(=O)O. The third-order valence-electron chi connectivity index (χ3n) is 6.67. The molecule has 1 saturated carbocycles. The number of carboxylic acid groups (broad SMARTS) is 1. The number of pyridine rings is 1. The van der Waals surface area contributed by atoms with Crippen molar-refractivity contribution in [2.45, 2.75) is 71.4 Å². The summed E-state index contributed by atoms with van der Waals surface area (Å²) in [5, 5.41) is 14.5. The first kappa shape index (κ1) is 26.4. The first-order valence-corrected chi connectivity index (χ1v) is 12.4. The number of ether oxygens (including phenoxy) is 1. The van der Waals surface area contributed by atoms with Crippen molar-refractivity contribution in [2.75, 3.05) is 6.54 Å². The molecule has 0 aliphatic heterocycles. The number of carbonyl (C=O) groups is 2. The van der Waals surface area contributed by atoms with Crippen LogP contribution in [0.15, 0.2) is 24.4 Å². The number of nitrogens with one attached hydrogen (secondary N) is 2. The van der Waals surface area contributed by atoms with Crippen molar-refractivity contribution in [2.24, 2.45) is 0 Å². The van der Waals surface area contributed by atoms with E-state index < -0.39 is 29.2 Å². The summed E-state index contributed by atoms with van der Waals surface area (Å²) >= 11 is 0. The molecule has 1 unspecified atom stereocenters. The zero-order valence-corrected chi connectivity index (χ0v) is 21.5. The smallest absolute Gasteiger partial charge is 0.405 e. The summed E-state index contributed by atoms with van der Waals surface area (Å²) in [6.07, 6.45) is 3.62. The minimum absolute atomic E-state index is 0.0870. The minimum atomic E-state index is -1.16. The Bertz CT molecular complexity index is 1350. The number of aryl methyl sites for hydroxylation is 2. The maximum absolute atomic E-state index is 15.0. The number of amides is 2. The number of nitrogens with zero attached hydrogens (tertiary/aromatic N) is 2. The van der Waals surface area contributed by atoms with Crippen molar-refractivity contribution in [1.82, 2.24) is 20.0 Å². The monoisotopic (exact) mass is 514 g/mol. The van der Waals surface area contributed by atoms with E-state index in [1.165, 1.54) is 12.1 Å². The topological polar surface area (TPSA) is 105 Å². The number of carbonyl (C=O) groups excluding carboxylic acids is 1. The Kier molecular flexibility index (Phi) is 7.38. The van der Waals surface area contributed by atoms with E-state index in [-0.39, 0.29) is 30.3 Å². The highest BCUT2D eigenvalue weighted by atomic mass is 19.1. The molecule has 1 fully saturated rings. The van der Waals surface area contributed by atoms with Crippen LogP contribution in [0.1, 0.15) is 78.3 Å². The average molecular weight is 515 g/mol. The third-order valence-corrected chi connectivity index (χ3v) is 6.67. The Labute approximate surface area is 214 Å². The van der Waals surface area contributed by atoms with Gasteiger partial charge in [-0.1, -0.05) is 19.4 Å². The highest BCUT2D eigenvalue weighted by Gasteiger charge is 2.30. The van der Waals surface area contributed by atoms with Crippen LogP contribution < -0.4 is 15.4 Å². The predicted molar refractivity (Wildman–Crippen MR) is 134 cm³/mol. The van der Waals surface area contributed by atoms with E-state index >= 15 is 0 Å². The molecule has 3 N–H and O–H groups in total. The van der Waals surface area contributed by atoms with Gasteiger partial charge in [-0.05, 0) is 69.2 Å². The Morgan fingerprint density at radius 2 is 2.00 bits per heavy atom. The number of rotatable bonds is 10. The fourth-order valence-electron chi connectivity index (χ4n) is 4.71. The molecular weight excluding hydrogens is 482 g/mol. The van der Waals surface area contributed by atoms with Crippen LogP contribution in [0.5, 0.6) is 5.75 Å². The van der Waals surface area contributed by atoms with E-state index in [0.717, 1.165) is 24.8 Å². The van der Waals surface area contributed by atoms with Crippen LogP contribution in [0.3, 0.4) is 0 Å². The van der Waals surface area contributed by atoms with Crippen molar-refractivity contribution >= 4 is 17.6 Å². The van der Waals surface area contributed by atoms with Gasteiger partial charge in [0.1, 0.15) is 23.9 Å². The van der Waals surface area contributed by atoms with E-state index in [4.69, 9.17) is 4.74 Å². The molecule has 3 aromatic rings. The molecule has 2 heterocycles. The van der Waals surface area contributed by atoms with Gasteiger partial charge in [-0.3, -0.25) is 9.20 Å². The molecule has 0 saturated heterocycles. The normalized spacial score (nSPS) is 14.9. The molecule has 10 heteroatoms. The maximum atomic E-state index is 15.0. The Morgan fingerprint density at radius 1 is 1.27 bits per heavy atom. The number of benzene rings is 1. The molecule has 4 rings (SSSR count). The van der Waals surface area contributed by atoms with Gasteiger partial charge >= 0.3 is 6.09 Å². The molecule has 2 aromatic heterocycles. The minimum Gasteiger partial charge on any atom is -0.485 e. The number of hydrogen-bond acceptors (Lipinski definition) is 4. The van der Waals surface area contributed by atoms with E-state index in [9.17, 15) is 23.5 Å². The van der Waals surface area contributed by atoms with Crippen LogP contribution in [0, 0.1) is 25.5 Å². The van der Waals surface area contributed by atoms with Crippen LogP contribution in [0.25, 0.3) is 5.65 Å². The van der Waals surface area contributed by atoms with Gasteiger partial charge in [-0.15, -0.1) is 0 Å². The molecule has 198 valence electrons. The molecule has 0 bridgehead atoms. The van der Waals surface area contributed by atoms with Gasteiger partial charge in [0.2, 0.25) is 0 Å². The summed E-state index contributed by atoms with van der Waals surface area (Å²) in [6.45, 7) is 6.93. The molecule has 1 aliphatic rings. The van der Waals surface area contributed by atoms with E-state index in [1.54, 1.807) is 30.5 Å². The fraction of sp³-hybridized carbons (Fsp3) is 0.444. The molecule has 37 heavy (non-hydrogen) atoms. The zero-order chi connectivity index (χ0) is 26.9. The largest absolute Gasteiger partial charge is 0.485 e. The van der Waals surface area contributed by atoms with Gasteiger partial charge in [0.15, 0.2) is 11.4 Å². The second-order valence-electron chi connectivity index (χ2n) is 10.0. The Morgan fingerprint density at radius 3 is 2.65 bits per heavy atom. The summed E-state index contributed by atoms with van der Waals surface area (Å²) in [6, 6.07) is 4.48. The van der Waals surface area contributed by atoms with Crippen molar-refractivity contribution in [3.63, 3.8) is 0 Å². The molecule has 1 aromatic carbocycles. The van der Waals surface area contributed by atoms with Gasteiger partial charge < -0.3 is 20.5 Å².